The largest absolute Gasteiger partial charge is 0.481 e. The Hall–Kier alpha value is -3.48. The van der Waals surface area contributed by atoms with Gasteiger partial charge in [-0.05, 0) is 24.1 Å². The molecule has 138 valence electrons. The van der Waals surface area contributed by atoms with E-state index >= 15 is 0 Å². The third-order valence-electron chi connectivity index (χ3n) is 3.84. The van der Waals surface area contributed by atoms with Crippen LogP contribution in [0, 0.1) is 0 Å². The van der Waals surface area contributed by atoms with Gasteiger partial charge in [0.1, 0.15) is 5.75 Å². The molecule has 3 rings (SSSR count). The lowest BCUT2D eigenvalue weighted by molar-refractivity contribution is -0.148. The minimum Gasteiger partial charge on any atom is -0.481 e. The molecule has 27 heavy (non-hydrogen) atoms. The lowest BCUT2D eigenvalue weighted by Crippen LogP contribution is -2.15. The minimum absolute atomic E-state index is 0.155. The molecule has 0 radical (unpaired) electrons. The number of hydrogen-bond acceptors (Lipinski definition) is 7. The Kier molecular flexibility index (Phi) is 5.94. The summed E-state index contributed by atoms with van der Waals surface area (Å²) in [6.07, 6.45) is 1.61. The first-order valence-electron chi connectivity index (χ1n) is 8.44. The molecular weight excluding hydrogens is 348 g/mol. The maximum absolute atomic E-state index is 11.8. The maximum Gasteiger partial charge on any atom is 0.344 e. The van der Waals surface area contributed by atoms with Crippen LogP contribution in [-0.2, 0) is 22.6 Å². The van der Waals surface area contributed by atoms with Gasteiger partial charge >= 0.3 is 5.97 Å². The Bertz CT molecular complexity index is 918. The summed E-state index contributed by atoms with van der Waals surface area (Å²) in [5, 5.41) is 3.89. The van der Waals surface area contributed by atoms with E-state index in [1.807, 2.05) is 24.3 Å². The second-order valence-corrected chi connectivity index (χ2v) is 5.67. The van der Waals surface area contributed by atoms with E-state index in [1.165, 1.54) is 5.56 Å². The van der Waals surface area contributed by atoms with Crippen LogP contribution in [0.4, 0.5) is 0 Å². The van der Waals surface area contributed by atoms with Gasteiger partial charge in [0.05, 0.1) is 5.56 Å². The summed E-state index contributed by atoms with van der Waals surface area (Å²) < 4.78 is 15.5. The van der Waals surface area contributed by atoms with Crippen molar-refractivity contribution in [2.75, 3.05) is 6.61 Å². The molecule has 7 heteroatoms. The molecule has 0 saturated carbocycles. The molecule has 7 nitrogen and oxygen atoms in total. The molecule has 3 aromatic rings. The third kappa shape index (κ3) is 4.78. The summed E-state index contributed by atoms with van der Waals surface area (Å²) >= 11 is 0. The van der Waals surface area contributed by atoms with E-state index < -0.39 is 5.97 Å². The molecule has 0 atom stereocenters. The van der Waals surface area contributed by atoms with Crippen molar-refractivity contribution in [3.05, 3.63) is 65.5 Å². The predicted octanol–water partition coefficient (Wildman–Crippen LogP) is 3.23. The van der Waals surface area contributed by atoms with Crippen LogP contribution in [-0.4, -0.2) is 29.0 Å². The summed E-state index contributed by atoms with van der Waals surface area (Å²) in [7, 11) is 0. The van der Waals surface area contributed by atoms with Crippen molar-refractivity contribution in [3.8, 4) is 17.1 Å². The molecule has 2 aromatic carbocycles. The molecule has 0 amide bonds. The number of hydrogen-bond donors (Lipinski definition) is 0. The summed E-state index contributed by atoms with van der Waals surface area (Å²) in [6.45, 7) is 1.60. The van der Waals surface area contributed by atoms with Crippen LogP contribution in [0.3, 0.4) is 0 Å². The minimum atomic E-state index is -0.609. The number of aldehydes is 1. The lowest BCUT2D eigenvalue weighted by Gasteiger charge is -2.07. The van der Waals surface area contributed by atoms with Crippen molar-refractivity contribution in [2.45, 2.75) is 20.0 Å². The molecule has 0 spiro atoms. The van der Waals surface area contributed by atoms with Gasteiger partial charge in [-0.3, -0.25) is 4.79 Å². The molecule has 1 heterocycles. The third-order valence-corrected chi connectivity index (χ3v) is 3.84. The highest BCUT2D eigenvalue weighted by Crippen LogP contribution is 2.18. The van der Waals surface area contributed by atoms with Crippen molar-refractivity contribution in [2.24, 2.45) is 0 Å². The van der Waals surface area contributed by atoms with Crippen LogP contribution < -0.4 is 4.74 Å². The van der Waals surface area contributed by atoms with Crippen molar-refractivity contribution in [3.63, 3.8) is 0 Å². The van der Waals surface area contributed by atoms with Gasteiger partial charge in [-0.1, -0.05) is 48.5 Å². The van der Waals surface area contributed by atoms with Crippen molar-refractivity contribution in [1.29, 1.82) is 0 Å². The fourth-order valence-electron chi connectivity index (χ4n) is 2.35. The number of carbonyl (C=O) groups is 2. The number of nitrogens with zero attached hydrogens (tertiary/aromatic N) is 2. The number of aryl methyl sites for hydroxylation is 1. The zero-order valence-electron chi connectivity index (χ0n) is 14.8. The molecule has 0 N–H and O–H groups in total. The van der Waals surface area contributed by atoms with Crippen LogP contribution >= 0.6 is 0 Å². The highest BCUT2D eigenvalue weighted by molar-refractivity contribution is 5.79. The molecule has 1 aromatic heterocycles. The van der Waals surface area contributed by atoms with E-state index in [-0.39, 0.29) is 19.1 Å². The number of aromatic nitrogens is 2. The molecule has 0 fully saturated rings. The van der Waals surface area contributed by atoms with E-state index in [0.29, 0.717) is 23.4 Å². The number of esters is 1. The number of rotatable bonds is 8. The van der Waals surface area contributed by atoms with Crippen LogP contribution in [0.5, 0.6) is 5.75 Å². The molecule has 0 bridgehead atoms. The number of para-hydroxylation sites is 1. The van der Waals surface area contributed by atoms with Gasteiger partial charge in [0.2, 0.25) is 5.82 Å². The topological polar surface area (TPSA) is 91.5 Å². The number of ether oxygens (including phenoxy) is 2. The monoisotopic (exact) mass is 366 g/mol. The zero-order valence-corrected chi connectivity index (χ0v) is 14.8. The van der Waals surface area contributed by atoms with Gasteiger partial charge in [-0.15, -0.1) is 0 Å². The normalized spacial score (nSPS) is 10.4. The van der Waals surface area contributed by atoms with Crippen LogP contribution in [0.15, 0.2) is 53.1 Å². The van der Waals surface area contributed by atoms with Gasteiger partial charge in [0.25, 0.3) is 5.89 Å². The second-order valence-electron chi connectivity index (χ2n) is 5.67. The zero-order chi connectivity index (χ0) is 19.1. The van der Waals surface area contributed by atoms with Crippen molar-refractivity contribution < 1.29 is 23.6 Å². The highest BCUT2D eigenvalue weighted by Gasteiger charge is 2.12. The predicted molar refractivity (Wildman–Crippen MR) is 96.2 cm³/mol. The van der Waals surface area contributed by atoms with E-state index in [2.05, 4.69) is 17.1 Å². The first-order valence-corrected chi connectivity index (χ1v) is 8.44. The second kappa shape index (κ2) is 8.75. The van der Waals surface area contributed by atoms with Gasteiger partial charge in [0.15, 0.2) is 19.5 Å². The van der Waals surface area contributed by atoms with Gasteiger partial charge in [0, 0.05) is 5.56 Å². The standard InChI is InChI=1S/C20H18N2O5/c1-2-14-7-9-15(10-8-14)20-21-18(27-22-20)12-26-19(24)13-25-17-6-4-3-5-16(17)11-23/h3-11H,2,12-13H2,1H3. The summed E-state index contributed by atoms with van der Waals surface area (Å²) in [6, 6.07) is 14.4. The molecular formula is C20H18N2O5. The Morgan fingerprint density at radius 3 is 2.67 bits per heavy atom. The van der Waals surface area contributed by atoms with Crippen molar-refractivity contribution in [1.82, 2.24) is 10.1 Å². The first kappa shape index (κ1) is 18.3. The fraction of sp³-hybridized carbons (Fsp3) is 0.200. The Morgan fingerprint density at radius 1 is 1.15 bits per heavy atom. The van der Waals surface area contributed by atoms with Crippen LogP contribution in [0.1, 0.15) is 28.7 Å². The average molecular weight is 366 g/mol. The molecule has 0 saturated heterocycles. The summed E-state index contributed by atoms with van der Waals surface area (Å²) in [5.41, 5.74) is 2.40. The molecule has 0 unspecified atom stereocenters. The smallest absolute Gasteiger partial charge is 0.344 e. The Morgan fingerprint density at radius 2 is 1.93 bits per heavy atom. The van der Waals surface area contributed by atoms with Gasteiger partial charge in [-0.2, -0.15) is 4.98 Å². The summed E-state index contributed by atoms with van der Waals surface area (Å²) in [4.78, 5) is 26.9. The summed E-state index contributed by atoms with van der Waals surface area (Å²) in [5.74, 6) is 0.328. The van der Waals surface area contributed by atoms with Crippen LogP contribution in [0.25, 0.3) is 11.4 Å². The van der Waals surface area contributed by atoms with Gasteiger partial charge in [-0.25, -0.2) is 4.79 Å². The Balaban J connectivity index is 1.52. The van der Waals surface area contributed by atoms with Crippen molar-refractivity contribution >= 4 is 12.3 Å². The quantitative estimate of drug-likeness (QED) is 0.446. The van der Waals surface area contributed by atoms with E-state index in [0.717, 1.165) is 12.0 Å². The lowest BCUT2D eigenvalue weighted by atomic mass is 10.1. The first-order chi connectivity index (χ1) is 13.2. The average Bonchev–Trinajstić information content (AvgIpc) is 3.20. The van der Waals surface area contributed by atoms with E-state index in [1.54, 1.807) is 24.3 Å². The Labute approximate surface area is 155 Å². The number of carbonyl (C=O) groups excluding carboxylic acids is 2. The van der Waals surface area contributed by atoms with E-state index in [9.17, 15) is 9.59 Å². The van der Waals surface area contributed by atoms with Crippen LogP contribution in [0.2, 0.25) is 0 Å². The number of benzene rings is 2. The maximum atomic E-state index is 11.8. The molecule has 0 aliphatic heterocycles. The molecule has 0 aliphatic rings. The van der Waals surface area contributed by atoms with Gasteiger partial charge < -0.3 is 14.0 Å². The SMILES string of the molecule is CCc1ccc(-c2noc(COC(=O)COc3ccccc3C=O)n2)cc1. The molecule has 0 aliphatic carbocycles. The van der Waals surface area contributed by atoms with E-state index in [4.69, 9.17) is 14.0 Å². The fourth-order valence-corrected chi connectivity index (χ4v) is 2.35. The highest BCUT2D eigenvalue weighted by atomic mass is 16.6.